The van der Waals surface area contributed by atoms with Crippen LogP contribution in [-0.4, -0.2) is 20.0 Å². The third-order valence-corrected chi connectivity index (χ3v) is 3.81. The molecule has 0 aliphatic carbocycles. The van der Waals surface area contributed by atoms with Crippen LogP contribution in [0.15, 0.2) is 36.1 Å². The van der Waals surface area contributed by atoms with Crippen LogP contribution in [0.5, 0.6) is 0 Å². The number of aromatic nitrogens is 4. The van der Waals surface area contributed by atoms with Crippen LogP contribution in [0.1, 0.15) is 12.5 Å². The molecule has 3 heterocycles. The number of nitrogens with one attached hydrogen (secondary N) is 2. The van der Waals surface area contributed by atoms with Crippen LogP contribution in [0.25, 0.3) is 10.6 Å². The number of hydrogen-bond acceptors (Lipinski definition) is 4. The van der Waals surface area contributed by atoms with E-state index < -0.39 is 0 Å². The maximum atomic E-state index is 4.24. The van der Waals surface area contributed by atoms with Gasteiger partial charge in [-0.1, -0.05) is 6.07 Å². The van der Waals surface area contributed by atoms with Gasteiger partial charge in [0.2, 0.25) is 0 Å². The SMILES string of the molecule is CCn1cc(NCc2cn[nH]c2-c2cccs2)cn1. The molecule has 0 atom stereocenters. The molecule has 0 aromatic carbocycles. The summed E-state index contributed by atoms with van der Waals surface area (Å²) in [7, 11) is 0. The second-order valence-electron chi connectivity index (χ2n) is 4.19. The Hall–Kier alpha value is -2.08. The van der Waals surface area contributed by atoms with E-state index in [4.69, 9.17) is 0 Å². The lowest BCUT2D eigenvalue weighted by Gasteiger charge is -2.03. The molecule has 6 heteroatoms. The number of thiophene rings is 1. The second kappa shape index (κ2) is 5.27. The van der Waals surface area contributed by atoms with Crippen molar-refractivity contribution >= 4 is 17.0 Å². The van der Waals surface area contributed by atoms with Gasteiger partial charge >= 0.3 is 0 Å². The van der Waals surface area contributed by atoms with Crippen molar-refractivity contribution in [2.75, 3.05) is 5.32 Å². The molecule has 3 rings (SSSR count). The molecule has 3 aromatic rings. The lowest BCUT2D eigenvalue weighted by molar-refractivity contribution is 0.660. The summed E-state index contributed by atoms with van der Waals surface area (Å²) in [5, 5.41) is 16.9. The van der Waals surface area contributed by atoms with Crippen LogP contribution in [-0.2, 0) is 13.1 Å². The minimum absolute atomic E-state index is 0.735. The zero-order valence-corrected chi connectivity index (χ0v) is 11.4. The molecular formula is C13H15N5S. The Morgan fingerprint density at radius 3 is 3.11 bits per heavy atom. The van der Waals surface area contributed by atoms with Gasteiger partial charge in [-0.2, -0.15) is 10.2 Å². The molecule has 0 saturated heterocycles. The van der Waals surface area contributed by atoms with Gasteiger partial charge in [-0.05, 0) is 18.4 Å². The number of nitrogens with zero attached hydrogens (tertiary/aromatic N) is 3. The van der Waals surface area contributed by atoms with E-state index in [0.29, 0.717) is 0 Å². The lowest BCUT2D eigenvalue weighted by Crippen LogP contribution is -1.99. The van der Waals surface area contributed by atoms with Crippen LogP contribution in [0.3, 0.4) is 0 Å². The van der Waals surface area contributed by atoms with Gasteiger partial charge in [-0.25, -0.2) is 0 Å². The van der Waals surface area contributed by atoms with Gasteiger partial charge < -0.3 is 5.32 Å². The fraction of sp³-hybridized carbons (Fsp3) is 0.231. The Bertz CT molecular complexity index is 638. The topological polar surface area (TPSA) is 58.5 Å². The molecule has 2 N–H and O–H groups in total. The van der Waals surface area contributed by atoms with Crippen molar-refractivity contribution in [1.82, 2.24) is 20.0 Å². The van der Waals surface area contributed by atoms with Crippen LogP contribution in [0, 0.1) is 0 Å². The predicted octanol–water partition coefficient (Wildman–Crippen LogP) is 2.97. The van der Waals surface area contributed by atoms with E-state index in [1.54, 1.807) is 11.3 Å². The van der Waals surface area contributed by atoms with E-state index in [2.05, 4.69) is 39.0 Å². The largest absolute Gasteiger partial charge is 0.378 e. The first-order valence-electron chi connectivity index (χ1n) is 6.19. The molecule has 0 amide bonds. The number of anilines is 1. The van der Waals surface area contributed by atoms with Crippen LogP contribution >= 0.6 is 11.3 Å². The average molecular weight is 273 g/mol. The fourth-order valence-electron chi connectivity index (χ4n) is 1.90. The first-order valence-corrected chi connectivity index (χ1v) is 7.07. The van der Waals surface area contributed by atoms with Gasteiger partial charge in [-0.15, -0.1) is 11.3 Å². The molecule has 0 unspecified atom stereocenters. The summed E-state index contributed by atoms with van der Waals surface area (Å²) >= 11 is 1.71. The van der Waals surface area contributed by atoms with E-state index in [1.165, 1.54) is 4.88 Å². The minimum Gasteiger partial charge on any atom is -0.378 e. The number of hydrogen-bond donors (Lipinski definition) is 2. The van der Waals surface area contributed by atoms with E-state index in [1.807, 2.05) is 29.3 Å². The molecule has 19 heavy (non-hydrogen) atoms. The maximum Gasteiger partial charge on any atom is 0.0799 e. The number of H-pyrrole nitrogens is 1. The average Bonchev–Trinajstić information content (AvgIpc) is 3.16. The van der Waals surface area contributed by atoms with E-state index in [-0.39, 0.29) is 0 Å². The highest BCUT2D eigenvalue weighted by Crippen LogP contribution is 2.26. The molecule has 0 saturated carbocycles. The van der Waals surface area contributed by atoms with Gasteiger partial charge in [0.15, 0.2) is 0 Å². The molecular weight excluding hydrogens is 258 g/mol. The highest BCUT2D eigenvalue weighted by Gasteiger charge is 2.08. The van der Waals surface area contributed by atoms with Gasteiger partial charge in [0, 0.05) is 24.8 Å². The normalized spacial score (nSPS) is 10.8. The fourth-order valence-corrected chi connectivity index (χ4v) is 2.66. The molecule has 5 nitrogen and oxygen atoms in total. The highest BCUT2D eigenvalue weighted by atomic mass is 32.1. The van der Waals surface area contributed by atoms with Crippen molar-refractivity contribution < 1.29 is 0 Å². The third-order valence-electron chi connectivity index (χ3n) is 2.93. The summed E-state index contributed by atoms with van der Waals surface area (Å²) in [5.41, 5.74) is 3.28. The van der Waals surface area contributed by atoms with Gasteiger partial charge in [0.25, 0.3) is 0 Å². The second-order valence-corrected chi connectivity index (χ2v) is 5.13. The molecule has 0 bridgehead atoms. The summed E-state index contributed by atoms with van der Waals surface area (Å²) in [4.78, 5) is 1.21. The first-order chi connectivity index (χ1) is 9.36. The zero-order chi connectivity index (χ0) is 13.1. The van der Waals surface area contributed by atoms with Gasteiger partial charge in [0.05, 0.1) is 28.7 Å². The smallest absolute Gasteiger partial charge is 0.0799 e. The zero-order valence-electron chi connectivity index (χ0n) is 10.6. The molecule has 0 aliphatic heterocycles. The van der Waals surface area contributed by atoms with E-state index in [9.17, 15) is 0 Å². The number of aromatic amines is 1. The van der Waals surface area contributed by atoms with Crippen molar-refractivity contribution in [2.24, 2.45) is 0 Å². The number of rotatable bonds is 5. The Morgan fingerprint density at radius 1 is 1.42 bits per heavy atom. The van der Waals surface area contributed by atoms with E-state index in [0.717, 1.165) is 30.0 Å². The van der Waals surface area contributed by atoms with Crippen LogP contribution in [0.2, 0.25) is 0 Å². The Labute approximate surface area is 115 Å². The minimum atomic E-state index is 0.735. The van der Waals surface area contributed by atoms with Crippen molar-refractivity contribution in [2.45, 2.75) is 20.0 Å². The van der Waals surface area contributed by atoms with E-state index >= 15 is 0 Å². The summed E-state index contributed by atoms with van der Waals surface area (Å²) in [5.74, 6) is 0. The van der Waals surface area contributed by atoms with Crippen LogP contribution in [0.4, 0.5) is 5.69 Å². The molecule has 0 aliphatic rings. The maximum absolute atomic E-state index is 4.24. The Kier molecular flexibility index (Phi) is 3.33. The van der Waals surface area contributed by atoms with Crippen molar-refractivity contribution in [1.29, 1.82) is 0 Å². The summed E-state index contributed by atoms with van der Waals surface area (Å²) in [6, 6.07) is 4.14. The molecule has 0 fully saturated rings. The quantitative estimate of drug-likeness (QED) is 0.751. The Balaban J connectivity index is 1.72. The van der Waals surface area contributed by atoms with Crippen molar-refractivity contribution in [3.8, 4) is 10.6 Å². The number of aryl methyl sites for hydroxylation is 1. The van der Waals surface area contributed by atoms with Gasteiger partial charge in [-0.3, -0.25) is 9.78 Å². The molecule has 98 valence electrons. The lowest BCUT2D eigenvalue weighted by atomic mass is 10.2. The summed E-state index contributed by atoms with van der Waals surface area (Å²) in [6.07, 6.45) is 5.71. The monoisotopic (exact) mass is 273 g/mol. The summed E-state index contributed by atoms with van der Waals surface area (Å²) < 4.78 is 1.90. The predicted molar refractivity (Wildman–Crippen MR) is 77.1 cm³/mol. The highest BCUT2D eigenvalue weighted by molar-refractivity contribution is 7.13. The van der Waals surface area contributed by atoms with Crippen molar-refractivity contribution in [3.05, 3.63) is 41.7 Å². The third kappa shape index (κ3) is 2.53. The molecule has 3 aromatic heterocycles. The van der Waals surface area contributed by atoms with Crippen molar-refractivity contribution in [3.63, 3.8) is 0 Å². The summed E-state index contributed by atoms with van der Waals surface area (Å²) in [6.45, 7) is 3.69. The Morgan fingerprint density at radius 2 is 2.37 bits per heavy atom. The van der Waals surface area contributed by atoms with Crippen LogP contribution < -0.4 is 5.32 Å². The molecule has 0 spiro atoms. The first kappa shape index (κ1) is 12.0. The standard InChI is InChI=1S/C13H15N5S/c1-2-18-9-11(8-16-18)14-6-10-7-15-17-13(10)12-4-3-5-19-12/h3-5,7-9,14H,2,6H2,1H3,(H,15,17). The van der Waals surface area contributed by atoms with Gasteiger partial charge in [0.1, 0.15) is 0 Å². The molecule has 0 radical (unpaired) electrons.